The average molecular weight is 316 g/mol. The molecule has 0 radical (unpaired) electrons. The number of ether oxygens (including phenoxy) is 1. The highest BCUT2D eigenvalue weighted by molar-refractivity contribution is 5.83. The van der Waals surface area contributed by atoms with Crippen LogP contribution < -0.4 is 0 Å². The average Bonchev–Trinajstić information content (AvgIpc) is 3.12. The number of carbonyl (C=O) groups excluding carboxylic acids is 1. The fourth-order valence-corrected chi connectivity index (χ4v) is 4.07. The van der Waals surface area contributed by atoms with E-state index in [1.807, 2.05) is 18.3 Å². The Morgan fingerprint density at radius 2 is 1.96 bits per heavy atom. The van der Waals surface area contributed by atoms with Crippen molar-refractivity contribution in [1.29, 1.82) is 0 Å². The van der Waals surface area contributed by atoms with Crippen LogP contribution in [-0.2, 0) is 14.9 Å². The number of esters is 1. The molecular formula is C19H28N2O2. The molecule has 0 aromatic carbocycles. The summed E-state index contributed by atoms with van der Waals surface area (Å²) in [5.41, 5.74) is 0.443. The molecule has 2 heterocycles. The van der Waals surface area contributed by atoms with E-state index in [9.17, 15) is 4.79 Å². The molecule has 1 saturated heterocycles. The van der Waals surface area contributed by atoms with Gasteiger partial charge in [0.2, 0.25) is 0 Å². The molecule has 1 saturated carbocycles. The molecular weight excluding hydrogens is 288 g/mol. The largest absolute Gasteiger partial charge is 0.462 e. The number of pyridine rings is 1. The predicted molar refractivity (Wildman–Crippen MR) is 90.2 cm³/mol. The second kappa shape index (κ2) is 7.00. The van der Waals surface area contributed by atoms with Gasteiger partial charge in [-0.15, -0.1) is 0 Å². The van der Waals surface area contributed by atoms with Crippen LogP contribution in [0, 0.1) is 5.92 Å². The third kappa shape index (κ3) is 3.42. The van der Waals surface area contributed by atoms with Gasteiger partial charge in [0.15, 0.2) is 0 Å². The molecule has 1 aliphatic heterocycles. The van der Waals surface area contributed by atoms with Crippen LogP contribution in [0.5, 0.6) is 0 Å². The highest BCUT2D eigenvalue weighted by Gasteiger charge is 2.46. The van der Waals surface area contributed by atoms with Crippen LogP contribution in [0.1, 0.15) is 51.0 Å². The molecule has 1 aromatic rings. The zero-order valence-corrected chi connectivity index (χ0v) is 14.3. The standard InChI is InChI=1S/C19H28N2O2/c1-19(15-6-3-4-7-15,16-8-5-11-20-14-16)18(22)23-17-9-12-21(2)13-10-17/h5,8,11,14-15,17H,3-4,6-7,9-10,12-13H2,1-2H3. The van der Waals surface area contributed by atoms with Crippen LogP contribution in [0.3, 0.4) is 0 Å². The van der Waals surface area contributed by atoms with Gasteiger partial charge in [0.25, 0.3) is 0 Å². The van der Waals surface area contributed by atoms with Crippen LogP contribution >= 0.6 is 0 Å². The molecule has 4 nitrogen and oxygen atoms in total. The van der Waals surface area contributed by atoms with Crippen molar-refractivity contribution in [3.63, 3.8) is 0 Å². The van der Waals surface area contributed by atoms with E-state index in [1.165, 1.54) is 12.8 Å². The van der Waals surface area contributed by atoms with E-state index in [4.69, 9.17) is 4.74 Å². The van der Waals surface area contributed by atoms with Crippen molar-refractivity contribution in [1.82, 2.24) is 9.88 Å². The molecule has 126 valence electrons. The summed E-state index contributed by atoms with van der Waals surface area (Å²) in [7, 11) is 2.12. The summed E-state index contributed by atoms with van der Waals surface area (Å²) in [5.74, 6) is 0.317. The highest BCUT2D eigenvalue weighted by Crippen LogP contribution is 2.43. The number of aromatic nitrogens is 1. The van der Waals surface area contributed by atoms with Gasteiger partial charge in [-0.05, 0) is 57.2 Å². The van der Waals surface area contributed by atoms with Gasteiger partial charge in [-0.1, -0.05) is 18.9 Å². The molecule has 0 amide bonds. The van der Waals surface area contributed by atoms with Crippen molar-refractivity contribution in [3.05, 3.63) is 30.1 Å². The maximum atomic E-state index is 13.1. The summed E-state index contributed by atoms with van der Waals surface area (Å²) in [6.07, 6.45) is 10.2. The van der Waals surface area contributed by atoms with Crippen molar-refractivity contribution < 1.29 is 9.53 Å². The van der Waals surface area contributed by atoms with Gasteiger partial charge >= 0.3 is 5.97 Å². The van der Waals surface area contributed by atoms with Gasteiger partial charge in [0, 0.05) is 25.5 Å². The normalized spacial score (nSPS) is 23.6. The quantitative estimate of drug-likeness (QED) is 0.800. The van der Waals surface area contributed by atoms with Crippen molar-refractivity contribution in [3.8, 4) is 0 Å². The van der Waals surface area contributed by atoms with E-state index in [-0.39, 0.29) is 12.1 Å². The Labute approximate surface area is 139 Å². The summed E-state index contributed by atoms with van der Waals surface area (Å²) < 4.78 is 5.98. The van der Waals surface area contributed by atoms with Crippen LogP contribution in [0.15, 0.2) is 24.5 Å². The maximum Gasteiger partial charge on any atom is 0.316 e. The van der Waals surface area contributed by atoms with Crippen LogP contribution in [0.2, 0.25) is 0 Å². The lowest BCUT2D eigenvalue weighted by Crippen LogP contribution is -2.44. The molecule has 1 unspecified atom stereocenters. The number of hydrogen-bond acceptors (Lipinski definition) is 4. The van der Waals surface area contributed by atoms with Crippen LogP contribution in [-0.4, -0.2) is 42.1 Å². The van der Waals surface area contributed by atoms with Gasteiger partial charge in [0.1, 0.15) is 6.10 Å². The first-order valence-corrected chi connectivity index (χ1v) is 8.91. The highest BCUT2D eigenvalue weighted by atomic mass is 16.5. The first-order valence-electron chi connectivity index (χ1n) is 8.91. The third-order valence-electron chi connectivity index (χ3n) is 5.80. The van der Waals surface area contributed by atoms with E-state index in [2.05, 4.69) is 23.9 Å². The molecule has 4 heteroatoms. The minimum atomic E-state index is -0.561. The zero-order chi connectivity index (χ0) is 16.3. The van der Waals surface area contributed by atoms with Gasteiger partial charge in [-0.2, -0.15) is 0 Å². The van der Waals surface area contributed by atoms with Gasteiger partial charge in [-0.3, -0.25) is 9.78 Å². The predicted octanol–water partition coefficient (Wildman–Crippen LogP) is 3.17. The number of piperidine rings is 1. The smallest absolute Gasteiger partial charge is 0.316 e. The van der Waals surface area contributed by atoms with Crippen molar-refractivity contribution >= 4 is 5.97 Å². The summed E-state index contributed by atoms with van der Waals surface area (Å²) in [4.78, 5) is 19.7. The second-order valence-corrected chi connectivity index (χ2v) is 7.33. The van der Waals surface area contributed by atoms with Crippen molar-refractivity contribution in [2.45, 2.75) is 57.0 Å². The van der Waals surface area contributed by atoms with Crippen LogP contribution in [0.25, 0.3) is 0 Å². The number of rotatable bonds is 4. The Bertz CT molecular complexity index is 519. The summed E-state index contributed by atoms with van der Waals surface area (Å²) in [6, 6.07) is 3.95. The molecule has 2 fully saturated rings. The van der Waals surface area contributed by atoms with Gasteiger partial charge in [-0.25, -0.2) is 0 Å². The number of carbonyl (C=O) groups is 1. The fraction of sp³-hybridized carbons (Fsp3) is 0.684. The summed E-state index contributed by atoms with van der Waals surface area (Å²) in [5, 5.41) is 0. The Hall–Kier alpha value is -1.42. The molecule has 3 rings (SSSR count). The Morgan fingerprint density at radius 1 is 1.26 bits per heavy atom. The van der Waals surface area contributed by atoms with E-state index < -0.39 is 5.41 Å². The zero-order valence-electron chi connectivity index (χ0n) is 14.3. The third-order valence-corrected chi connectivity index (χ3v) is 5.80. The molecule has 1 aliphatic carbocycles. The number of likely N-dealkylation sites (tertiary alicyclic amines) is 1. The minimum Gasteiger partial charge on any atom is -0.462 e. The van der Waals surface area contributed by atoms with E-state index in [1.54, 1.807) is 6.20 Å². The number of nitrogens with zero attached hydrogens (tertiary/aromatic N) is 2. The molecule has 0 bridgehead atoms. The van der Waals surface area contributed by atoms with E-state index in [0.29, 0.717) is 5.92 Å². The fourth-order valence-electron chi connectivity index (χ4n) is 4.07. The van der Waals surface area contributed by atoms with Crippen molar-refractivity contribution in [2.75, 3.05) is 20.1 Å². The molecule has 0 spiro atoms. The lowest BCUT2D eigenvalue weighted by Gasteiger charge is -2.36. The molecule has 1 atom stereocenters. The first kappa shape index (κ1) is 16.4. The summed E-state index contributed by atoms with van der Waals surface area (Å²) >= 11 is 0. The minimum absolute atomic E-state index is 0.0491. The SMILES string of the molecule is CN1CCC(OC(=O)C(C)(c2cccnc2)C2CCCC2)CC1. The maximum absolute atomic E-state index is 13.1. The first-order chi connectivity index (χ1) is 11.1. The van der Waals surface area contributed by atoms with E-state index in [0.717, 1.165) is 44.3 Å². The van der Waals surface area contributed by atoms with Gasteiger partial charge in [0.05, 0.1) is 5.41 Å². The van der Waals surface area contributed by atoms with Gasteiger partial charge < -0.3 is 9.64 Å². The Balaban J connectivity index is 1.79. The summed E-state index contributed by atoms with van der Waals surface area (Å²) in [6.45, 7) is 4.08. The Morgan fingerprint density at radius 3 is 2.57 bits per heavy atom. The van der Waals surface area contributed by atoms with Crippen LogP contribution in [0.4, 0.5) is 0 Å². The topological polar surface area (TPSA) is 42.4 Å². The molecule has 0 N–H and O–H groups in total. The monoisotopic (exact) mass is 316 g/mol. The second-order valence-electron chi connectivity index (χ2n) is 7.33. The Kier molecular flexibility index (Phi) is 5.00. The lowest BCUT2D eigenvalue weighted by atomic mass is 9.71. The van der Waals surface area contributed by atoms with E-state index >= 15 is 0 Å². The molecule has 1 aromatic heterocycles. The molecule has 2 aliphatic rings. The van der Waals surface area contributed by atoms with Crippen molar-refractivity contribution in [2.24, 2.45) is 5.92 Å². The number of hydrogen-bond donors (Lipinski definition) is 0. The lowest BCUT2D eigenvalue weighted by molar-refractivity contribution is -0.160. The molecule has 23 heavy (non-hydrogen) atoms.